The predicted octanol–water partition coefficient (Wildman–Crippen LogP) is 3.89. The van der Waals surface area contributed by atoms with Crippen LogP contribution in [0.15, 0.2) is 52.0 Å². The van der Waals surface area contributed by atoms with Crippen molar-refractivity contribution in [2.75, 3.05) is 12.8 Å². The Kier molecular flexibility index (Phi) is 4.90. The Morgan fingerprint density at radius 1 is 1.22 bits per heavy atom. The maximum absolute atomic E-state index is 5.31. The molecule has 2 aromatic rings. The molecule has 0 saturated heterocycles. The van der Waals surface area contributed by atoms with Gasteiger partial charge in [-0.15, -0.1) is 11.8 Å². The monoisotopic (exact) mass is 261 g/mol. The van der Waals surface area contributed by atoms with Crippen LogP contribution in [0, 0.1) is 0 Å². The van der Waals surface area contributed by atoms with Gasteiger partial charge in [-0.2, -0.15) is 0 Å². The van der Waals surface area contributed by atoms with Gasteiger partial charge in [0.15, 0.2) is 0 Å². The summed E-state index contributed by atoms with van der Waals surface area (Å²) in [7, 11) is 0. The van der Waals surface area contributed by atoms with Gasteiger partial charge in [-0.3, -0.25) is 0 Å². The van der Waals surface area contributed by atoms with Gasteiger partial charge in [0.25, 0.3) is 0 Å². The van der Waals surface area contributed by atoms with E-state index in [0.717, 1.165) is 18.7 Å². The lowest BCUT2D eigenvalue weighted by Crippen LogP contribution is -2.21. The molecule has 0 radical (unpaired) electrons. The lowest BCUT2D eigenvalue weighted by molar-refractivity contribution is 0.486. The Labute approximate surface area is 113 Å². The predicted molar refractivity (Wildman–Crippen MR) is 77.1 cm³/mol. The largest absolute Gasteiger partial charge is 0.469 e. The number of rotatable bonds is 6. The highest BCUT2D eigenvalue weighted by Gasteiger charge is 2.04. The van der Waals surface area contributed by atoms with Crippen molar-refractivity contribution in [2.24, 2.45) is 0 Å². The Bertz CT molecular complexity index is 450. The zero-order valence-electron chi connectivity index (χ0n) is 10.8. The SMILES string of the molecule is CSc1ccc(C(C)NCCc2ccco2)cc1. The van der Waals surface area contributed by atoms with Gasteiger partial charge in [0, 0.05) is 23.9 Å². The van der Waals surface area contributed by atoms with Crippen LogP contribution in [0.4, 0.5) is 0 Å². The van der Waals surface area contributed by atoms with Crippen LogP contribution in [0.1, 0.15) is 24.3 Å². The van der Waals surface area contributed by atoms with Crippen LogP contribution in [-0.2, 0) is 6.42 Å². The van der Waals surface area contributed by atoms with E-state index < -0.39 is 0 Å². The van der Waals surface area contributed by atoms with E-state index in [1.807, 2.05) is 12.1 Å². The summed E-state index contributed by atoms with van der Waals surface area (Å²) in [5, 5.41) is 3.51. The van der Waals surface area contributed by atoms with Gasteiger partial charge >= 0.3 is 0 Å². The van der Waals surface area contributed by atoms with E-state index in [4.69, 9.17) is 4.42 Å². The zero-order valence-corrected chi connectivity index (χ0v) is 11.7. The molecular weight excluding hydrogens is 242 g/mol. The molecular formula is C15H19NOS. The fourth-order valence-electron chi connectivity index (χ4n) is 1.88. The van der Waals surface area contributed by atoms with Crippen LogP contribution >= 0.6 is 11.8 Å². The van der Waals surface area contributed by atoms with Crippen molar-refractivity contribution in [2.45, 2.75) is 24.3 Å². The highest BCUT2D eigenvalue weighted by atomic mass is 32.2. The molecule has 0 amide bonds. The zero-order chi connectivity index (χ0) is 12.8. The number of hydrogen-bond donors (Lipinski definition) is 1. The maximum atomic E-state index is 5.31. The minimum absolute atomic E-state index is 0.371. The first-order valence-corrected chi connectivity index (χ1v) is 7.42. The van der Waals surface area contributed by atoms with Crippen molar-refractivity contribution < 1.29 is 4.42 Å². The fraction of sp³-hybridized carbons (Fsp3) is 0.333. The van der Waals surface area contributed by atoms with Crippen molar-refractivity contribution in [3.05, 3.63) is 54.0 Å². The lowest BCUT2D eigenvalue weighted by atomic mass is 10.1. The van der Waals surface area contributed by atoms with E-state index in [-0.39, 0.29) is 0 Å². The van der Waals surface area contributed by atoms with Gasteiger partial charge in [0.1, 0.15) is 5.76 Å². The van der Waals surface area contributed by atoms with Crippen LogP contribution in [0.3, 0.4) is 0 Å². The Hall–Kier alpha value is -1.19. The van der Waals surface area contributed by atoms with Gasteiger partial charge in [0.2, 0.25) is 0 Å². The molecule has 2 rings (SSSR count). The molecule has 0 fully saturated rings. The number of benzene rings is 1. The van der Waals surface area contributed by atoms with Gasteiger partial charge < -0.3 is 9.73 Å². The van der Waals surface area contributed by atoms with Crippen molar-refractivity contribution in [3.63, 3.8) is 0 Å². The minimum Gasteiger partial charge on any atom is -0.469 e. The summed E-state index contributed by atoms with van der Waals surface area (Å²) in [6.45, 7) is 3.12. The van der Waals surface area contributed by atoms with Crippen LogP contribution in [0.5, 0.6) is 0 Å². The molecule has 0 bridgehead atoms. The number of hydrogen-bond acceptors (Lipinski definition) is 3. The molecule has 1 N–H and O–H groups in total. The molecule has 0 spiro atoms. The normalized spacial score (nSPS) is 12.6. The van der Waals surface area contributed by atoms with E-state index in [9.17, 15) is 0 Å². The second-order valence-electron chi connectivity index (χ2n) is 4.28. The topological polar surface area (TPSA) is 25.2 Å². The van der Waals surface area contributed by atoms with E-state index in [1.165, 1.54) is 10.5 Å². The van der Waals surface area contributed by atoms with Crippen molar-refractivity contribution in [1.82, 2.24) is 5.32 Å². The van der Waals surface area contributed by atoms with Crippen LogP contribution in [0.2, 0.25) is 0 Å². The van der Waals surface area contributed by atoms with Crippen molar-refractivity contribution in [3.8, 4) is 0 Å². The van der Waals surface area contributed by atoms with Gasteiger partial charge in [-0.1, -0.05) is 12.1 Å². The summed E-state index contributed by atoms with van der Waals surface area (Å²) in [6.07, 6.45) is 4.75. The van der Waals surface area contributed by atoms with E-state index in [0.29, 0.717) is 6.04 Å². The smallest absolute Gasteiger partial charge is 0.105 e. The third-order valence-corrected chi connectivity index (χ3v) is 3.76. The van der Waals surface area contributed by atoms with Crippen molar-refractivity contribution >= 4 is 11.8 Å². The maximum Gasteiger partial charge on any atom is 0.105 e. The summed E-state index contributed by atoms with van der Waals surface area (Å²) < 4.78 is 5.31. The molecule has 0 aliphatic rings. The second kappa shape index (κ2) is 6.66. The Morgan fingerprint density at radius 3 is 2.61 bits per heavy atom. The standard InChI is InChI=1S/C15H19NOS/c1-12(13-5-7-15(18-2)8-6-13)16-10-9-14-4-3-11-17-14/h3-8,11-12,16H,9-10H2,1-2H3. The molecule has 3 heteroatoms. The molecule has 0 aliphatic carbocycles. The lowest BCUT2D eigenvalue weighted by Gasteiger charge is -2.14. The van der Waals surface area contributed by atoms with Crippen LogP contribution in [0.25, 0.3) is 0 Å². The summed E-state index contributed by atoms with van der Waals surface area (Å²) in [6, 6.07) is 13.0. The highest BCUT2D eigenvalue weighted by Crippen LogP contribution is 2.18. The summed E-state index contributed by atoms with van der Waals surface area (Å²) in [5.74, 6) is 1.03. The van der Waals surface area contributed by atoms with Crippen molar-refractivity contribution in [1.29, 1.82) is 0 Å². The molecule has 1 heterocycles. The molecule has 2 nitrogen and oxygen atoms in total. The van der Waals surface area contributed by atoms with E-state index >= 15 is 0 Å². The Morgan fingerprint density at radius 2 is 2.00 bits per heavy atom. The molecule has 1 aromatic carbocycles. The Balaban J connectivity index is 1.81. The highest BCUT2D eigenvalue weighted by molar-refractivity contribution is 7.98. The summed E-state index contributed by atoms with van der Waals surface area (Å²) in [5.41, 5.74) is 1.33. The molecule has 1 aromatic heterocycles. The molecule has 0 aliphatic heterocycles. The van der Waals surface area contributed by atoms with Gasteiger partial charge in [-0.05, 0) is 43.0 Å². The molecule has 96 valence electrons. The first kappa shape index (κ1) is 13.2. The van der Waals surface area contributed by atoms with E-state index in [2.05, 4.69) is 42.8 Å². The first-order valence-electron chi connectivity index (χ1n) is 6.19. The number of nitrogens with one attached hydrogen (secondary N) is 1. The molecule has 1 atom stereocenters. The van der Waals surface area contributed by atoms with E-state index in [1.54, 1.807) is 18.0 Å². The third kappa shape index (κ3) is 3.65. The van der Waals surface area contributed by atoms with Crippen LogP contribution < -0.4 is 5.32 Å². The van der Waals surface area contributed by atoms with Gasteiger partial charge in [-0.25, -0.2) is 0 Å². The molecule has 0 saturated carbocycles. The van der Waals surface area contributed by atoms with Crippen LogP contribution in [-0.4, -0.2) is 12.8 Å². The first-order chi connectivity index (χ1) is 8.79. The average molecular weight is 261 g/mol. The molecule has 18 heavy (non-hydrogen) atoms. The average Bonchev–Trinajstić information content (AvgIpc) is 2.92. The van der Waals surface area contributed by atoms with Gasteiger partial charge in [0.05, 0.1) is 6.26 Å². The summed E-state index contributed by atoms with van der Waals surface area (Å²) >= 11 is 1.77. The third-order valence-electron chi connectivity index (χ3n) is 3.02. The minimum atomic E-state index is 0.371. The number of furan rings is 1. The molecule has 1 unspecified atom stereocenters. The fourth-order valence-corrected chi connectivity index (χ4v) is 2.29. The number of thioether (sulfide) groups is 1. The quantitative estimate of drug-likeness (QED) is 0.798. The summed E-state index contributed by atoms with van der Waals surface area (Å²) in [4.78, 5) is 1.31. The second-order valence-corrected chi connectivity index (χ2v) is 5.16.